The van der Waals surface area contributed by atoms with Crippen LogP contribution in [0, 0.1) is 0 Å². The summed E-state index contributed by atoms with van der Waals surface area (Å²) < 4.78 is 7.60. The van der Waals surface area contributed by atoms with Crippen molar-refractivity contribution in [3.8, 4) is 17.1 Å². The molecule has 0 aliphatic heterocycles. The number of nitrogens with zero attached hydrogens (tertiary/aromatic N) is 2. The van der Waals surface area contributed by atoms with Crippen LogP contribution in [0.3, 0.4) is 0 Å². The van der Waals surface area contributed by atoms with Gasteiger partial charge in [0.2, 0.25) is 0 Å². The van der Waals surface area contributed by atoms with Gasteiger partial charge in [-0.3, -0.25) is 0 Å². The van der Waals surface area contributed by atoms with E-state index < -0.39 is 0 Å². The fraction of sp³-hybridized carbons (Fsp3) is 0.136. The minimum Gasteiger partial charge on any atom is -0.497 e. The quantitative estimate of drug-likeness (QED) is 0.507. The molecule has 0 saturated heterocycles. The number of hydrogen-bond donors (Lipinski definition) is 0. The first-order valence-corrected chi connectivity index (χ1v) is 8.44. The summed E-state index contributed by atoms with van der Waals surface area (Å²) in [6, 6.07) is 27.1. The molecule has 0 saturated carbocycles. The molecule has 0 fully saturated rings. The maximum atomic E-state index is 5.28. The van der Waals surface area contributed by atoms with Gasteiger partial charge in [0.25, 0.3) is 0 Å². The summed E-state index contributed by atoms with van der Waals surface area (Å²) in [6.45, 7) is 2.22. The van der Waals surface area contributed by atoms with E-state index in [4.69, 9.17) is 9.72 Å². The fourth-order valence-corrected chi connectivity index (χ4v) is 3.26. The third-order valence-corrected chi connectivity index (χ3v) is 4.61. The molecule has 3 heteroatoms. The van der Waals surface area contributed by atoms with Crippen molar-refractivity contribution >= 4 is 11.0 Å². The SMILES string of the molecule is COc1ccc(-c2nc3ccccc3n2C(C)c2ccccc2)cc1. The number of methoxy groups -OCH3 is 1. The molecule has 1 unspecified atom stereocenters. The topological polar surface area (TPSA) is 27.1 Å². The maximum Gasteiger partial charge on any atom is 0.141 e. The van der Waals surface area contributed by atoms with Crippen LogP contribution in [0.4, 0.5) is 0 Å². The molecule has 3 aromatic carbocycles. The van der Waals surface area contributed by atoms with Crippen LogP contribution in [0.25, 0.3) is 22.4 Å². The van der Waals surface area contributed by atoms with E-state index in [-0.39, 0.29) is 6.04 Å². The highest BCUT2D eigenvalue weighted by atomic mass is 16.5. The third-order valence-electron chi connectivity index (χ3n) is 4.61. The lowest BCUT2D eigenvalue weighted by molar-refractivity contribution is 0.415. The Balaban J connectivity index is 1.91. The third kappa shape index (κ3) is 2.78. The Morgan fingerprint density at radius 2 is 1.52 bits per heavy atom. The Morgan fingerprint density at radius 3 is 2.24 bits per heavy atom. The highest BCUT2D eigenvalue weighted by molar-refractivity contribution is 5.81. The number of ether oxygens (including phenoxy) is 1. The molecule has 4 aromatic rings. The molecule has 4 rings (SSSR count). The predicted octanol–water partition coefficient (Wildman–Crippen LogP) is 5.32. The van der Waals surface area contributed by atoms with Gasteiger partial charge in [-0.1, -0.05) is 42.5 Å². The van der Waals surface area contributed by atoms with Crippen LogP contribution < -0.4 is 4.74 Å². The van der Waals surface area contributed by atoms with E-state index in [0.29, 0.717) is 0 Å². The smallest absolute Gasteiger partial charge is 0.141 e. The van der Waals surface area contributed by atoms with Crippen molar-refractivity contribution in [2.24, 2.45) is 0 Å². The molecule has 0 aliphatic rings. The van der Waals surface area contributed by atoms with Gasteiger partial charge in [0, 0.05) is 5.56 Å². The van der Waals surface area contributed by atoms with Crippen molar-refractivity contribution in [1.82, 2.24) is 9.55 Å². The van der Waals surface area contributed by atoms with E-state index in [1.165, 1.54) is 5.56 Å². The van der Waals surface area contributed by atoms with Crippen LogP contribution in [0.1, 0.15) is 18.5 Å². The normalized spacial score (nSPS) is 12.2. The molecule has 3 nitrogen and oxygen atoms in total. The van der Waals surface area contributed by atoms with Gasteiger partial charge in [0.1, 0.15) is 11.6 Å². The Kier molecular flexibility index (Phi) is 3.98. The zero-order valence-electron chi connectivity index (χ0n) is 14.4. The summed E-state index contributed by atoms with van der Waals surface area (Å²) in [6.07, 6.45) is 0. The Morgan fingerprint density at radius 1 is 0.840 bits per heavy atom. The average Bonchev–Trinajstić information content (AvgIpc) is 3.07. The van der Waals surface area contributed by atoms with E-state index in [2.05, 4.69) is 66.1 Å². The van der Waals surface area contributed by atoms with Gasteiger partial charge in [-0.25, -0.2) is 4.98 Å². The predicted molar refractivity (Wildman–Crippen MR) is 102 cm³/mol. The number of rotatable bonds is 4. The van der Waals surface area contributed by atoms with Gasteiger partial charge in [-0.05, 0) is 48.9 Å². The summed E-state index contributed by atoms with van der Waals surface area (Å²) in [5.41, 5.74) is 4.50. The first-order chi connectivity index (χ1) is 12.3. The van der Waals surface area contributed by atoms with E-state index in [9.17, 15) is 0 Å². The monoisotopic (exact) mass is 328 g/mol. The van der Waals surface area contributed by atoms with Crippen molar-refractivity contribution in [2.75, 3.05) is 7.11 Å². The van der Waals surface area contributed by atoms with Crippen molar-refractivity contribution < 1.29 is 4.74 Å². The lowest BCUT2D eigenvalue weighted by atomic mass is 10.1. The van der Waals surface area contributed by atoms with Crippen molar-refractivity contribution in [1.29, 1.82) is 0 Å². The van der Waals surface area contributed by atoms with E-state index in [1.807, 2.05) is 24.3 Å². The zero-order valence-corrected chi connectivity index (χ0v) is 14.4. The molecular weight excluding hydrogens is 308 g/mol. The van der Waals surface area contributed by atoms with E-state index in [0.717, 1.165) is 28.2 Å². The van der Waals surface area contributed by atoms with Gasteiger partial charge in [0.15, 0.2) is 0 Å². The first kappa shape index (κ1) is 15.5. The summed E-state index contributed by atoms with van der Waals surface area (Å²) in [5, 5.41) is 0. The molecule has 25 heavy (non-hydrogen) atoms. The van der Waals surface area contributed by atoms with Crippen LogP contribution in [0.5, 0.6) is 5.75 Å². The molecule has 0 amide bonds. The van der Waals surface area contributed by atoms with E-state index >= 15 is 0 Å². The maximum absolute atomic E-state index is 5.28. The van der Waals surface area contributed by atoms with Crippen molar-refractivity contribution in [3.63, 3.8) is 0 Å². The summed E-state index contributed by atoms with van der Waals surface area (Å²) in [4.78, 5) is 4.91. The van der Waals surface area contributed by atoms with Gasteiger partial charge in [0.05, 0.1) is 24.2 Å². The number of fused-ring (bicyclic) bond motifs is 1. The molecular formula is C22H20N2O. The van der Waals surface area contributed by atoms with Crippen molar-refractivity contribution in [2.45, 2.75) is 13.0 Å². The molecule has 0 spiro atoms. The molecule has 1 aromatic heterocycles. The first-order valence-electron chi connectivity index (χ1n) is 8.44. The van der Waals surface area contributed by atoms with Gasteiger partial charge < -0.3 is 9.30 Å². The molecule has 0 bridgehead atoms. The highest BCUT2D eigenvalue weighted by Crippen LogP contribution is 2.32. The number of para-hydroxylation sites is 2. The Labute approximate surface area is 147 Å². The van der Waals surface area contributed by atoms with Crippen LogP contribution >= 0.6 is 0 Å². The Bertz CT molecular complexity index is 988. The van der Waals surface area contributed by atoms with Gasteiger partial charge in [-0.2, -0.15) is 0 Å². The molecule has 124 valence electrons. The van der Waals surface area contributed by atoms with Gasteiger partial charge >= 0.3 is 0 Å². The summed E-state index contributed by atoms with van der Waals surface area (Å²) >= 11 is 0. The molecule has 0 aliphatic carbocycles. The number of imidazole rings is 1. The van der Waals surface area contributed by atoms with Crippen molar-refractivity contribution in [3.05, 3.63) is 84.4 Å². The fourth-order valence-electron chi connectivity index (χ4n) is 3.26. The number of benzene rings is 3. The molecule has 0 N–H and O–H groups in total. The molecule has 1 heterocycles. The Hall–Kier alpha value is -3.07. The van der Waals surface area contributed by atoms with Crippen LogP contribution in [-0.2, 0) is 0 Å². The zero-order chi connectivity index (χ0) is 17.2. The second kappa shape index (κ2) is 6.44. The van der Waals surface area contributed by atoms with Gasteiger partial charge in [-0.15, -0.1) is 0 Å². The lowest BCUT2D eigenvalue weighted by Crippen LogP contribution is -2.08. The minimum atomic E-state index is 0.186. The second-order valence-corrected chi connectivity index (χ2v) is 6.11. The summed E-state index contributed by atoms with van der Waals surface area (Å²) in [5.74, 6) is 1.82. The molecule has 1 atom stereocenters. The second-order valence-electron chi connectivity index (χ2n) is 6.11. The van der Waals surface area contributed by atoms with Crippen LogP contribution in [0.15, 0.2) is 78.9 Å². The molecule has 0 radical (unpaired) electrons. The van der Waals surface area contributed by atoms with Crippen LogP contribution in [0.2, 0.25) is 0 Å². The number of hydrogen-bond acceptors (Lipinski definition) is 2. The standard InChI is InChI=1S/C22H20N2O/c1-16(17-8-4-3-5-9-17)24-21-11-7-6-10-20(21)23-22(24)18-12-14-19(25-2)15-13-18/h3-16H,1-2H3. The van der Waals surface area contributed by atoms with E-state index in [1.54, 1.807) is 7.11 Å². The summed E-state index contributed by atoms with van der Waals surface area (Å²) in [7, 11) is 1.68. The highest BCUT2D eigenvalue weighted by Gasteiger charge is 2.18. The number of aromatic nitrogens is 2. The largest absolute Gasteiger partial charge is 0.497 e. The average molecular weight is 328 g/mol. The minimum absolute atomic E-state index is 0.186. The van der Waals surface area contributed by atoms with Crippen LogP contribution in [-0.4, -0.2) is 16.7 Å². The lowest BCUT2D eigenvalue weighted by Gasteiger charge is -2.18.